The summed E-state index contributed by atoms with van der Waals surface area (Å²) in [4.78, 5) is 24.3. The lowest BCUT2D eigenvalue weighted by Crippen LogP contribution is -2.27. The van der Waals surface area contributed by atoms with Crippen LogP contribution in [0.25, 0.3) is 0 Å². The fourth-order valence-corrected chi connectivity index (χ4v) is 3.11. The average molecular weight is 443 g/mol. The SMILES string of the molecule is CC(C)(C)C(=O)Oc1ccc2c(c1)OCC(c1cc(OC(=O)C(C)(C)C)ccc1O)C2O. The van der Waals surface area contributed by atoms with Crippen LogP contribution in [0.3, 0.4) is 0 Å². The molecular weight excluding hydrogens is 412 g/mol. The van der Waals surface area contributed by atoms with E-state index in [1.54, 1.807) is 65.8 Å². The van der Waals surface area contributed by atoms with Crippen molar-refractivity contribution in [3.05, 3.63) is 47.5 Å². The van der Waals surface area contributed by atoms with Gasteiger partial charge in [-0.1, -0.05) is 0 Å². The summed E-state index contributed by atoms with van der Waals surface area (Å²) in [5.74, 6) is -0.391. The van der Waals surface area contributed by atoms with Crippen molar-refractivity contribution in [2.45, 2.75) is 53.6 Å². The number of esters is 2. The van der Waals surface area contributed by atoms with Gasteiger partial charge in [0.15, 0.2) is 0 Å². The third-order valence-electron chi connectivity index (χ3n) is 5.15. The van der Waals surface area contributed by atoms with Crippen molar-refractivity contribution in [3.8, 4) is 23.0 Å². The highest BCUT2D eigenvalue weighted by Crippen LogP contribution is 2.45. The first-order valence-corrected chi connectivity index (χ1v) is 10.5. The Bertz CT molecular complexity index is 1030. The predicted molar refractivity (Wildman–Crippen MR) is 118 cm³/mol. The number of phenols is 1. The first-order valence-electron chi connectivity index (χ1n) is 10.5. The molecule has 0 saturated heterocycles. The predicted octanol–water partition coefficient (Wildman–Crippen LogP) is 4.50. The van der Waals surface area contributed by atoms with E-state index in [1.165, 1.54) is 12.1 Å². The zero-order chi connectivity index (χ0) is 23.8. The minimum atomic E-state index is -0.981. The van der Waals surface area contributed by atoms with Crippen LogP contribution >= 0.6 is 0 Å². The van der Waals surface area contributed by atoms with Gasteiger partial charge in [0, 0.05) is 17.2 Å². The second-order valence-electron chi connectivity index (χ2n) is 10.1. The second kappa shape index (κ2) is 8.47. The van der Waals surface area contributed by atoms with Crippen LogP contribution in [0.5, 0.6) is 23.0 Å². The normalized spacial score (nSPS) is 18.3. The molecule has 2 aromatic carbocycles. The van der Waals surface area contributed by atoms with Crippen LogP contribution in [0.2, 0.25) is 0 Å². The maximum absolute atomic E-state index is 12.2. The Balaban J connectivity index is 1.84. The molecule has 0 saturated carbocycles. The molecule has 0 aromatic heterocycles. The van der Waals surface area contributed by atoms with Gasteiger partial charge in [0.2, 0.25) is 0 Å². The third-order valence-corrected chi connectivity index (χ3v) is 5.15. The molecule has 32 heavy (non-hydrogen) atoms. The molecule has 0 fully saturated rings. The van der Waals surface area contributed by atoms with E-state index >= 15 is 0 Å². The molecule has 0 bridgehead atoms. The summed E-state index contributed by atoms with van der Waals surface area (Å²) < 4.78 is 16.7. The van der Waals surface area contributed by atoms with Gasteiger partial charge in [-0.3, -0.25) is 9.59 Å². The highest BCUT2D eigenvalue weighted by atomic mass is 16.5. The van der Waals surface area contributed by atoms with Crippen LogP contribution in [0, 0.1) is 10.8 Å². The topological polar surface area (TPSA) is 102 Å². The molecule has 7 nitrogen and oxygen atoms in total. The van der Waals surface area contributed by atoms with Crippen molar-refractivity contribution < 1.29 is 34.0 Å². The van der Waals surface area contributed by atoms with E-state index in [4.69, 9.17) is 14.2 Å². The van der Waals surface area contributed by atoms with Crippen molar-refractivity contribution in [1.29, 1.82) is 0 Å². The molecule has 7 heteroatoms. The molecule has 2 N–H and O–H groups in total. The van der Waals surface area contributed by atoms with E-state index in [0.29, 0.717) is 22.6 Å². The van der Waals surface area contributed by atoms with Crippen LogP contribution in [-0.2, 0) is 9.59 Å². The Labute approximate surface area is 187 Å². The molecule has 1 aliphatic heterocycles. The summed E-state index contributed by atoms with van der Waals surface area (Å²) in [5.41, 5.74) is -0.419. The van der Waals surface area contributed by atoms with Gasteiger partial charge in [0.25, 0.3) is 0 Å². The summed E-state index contributed by atoms with van der Waals surface area (Å²) in [6.45, 7) is 10.6. The number of fused-ring (bicyclic) bond motifs is 1. The molecule has 3 rings (SSSR count). The number of carbonyl (C=O) groups is 2. The van der Waals surface area contributed by atoms with Gasteiger partial charge in [-0.05, 0) is 71.9 Å². The highest BCUT2D eigenvalue weighted by Gasteiger charge is 2.34. The first kappa shape index (κ1) is 23.6. The van der Waals surface area contributed by atoms with E-state index in [9.17, 15) is 19.8 Å². The third kappa shape index (κ3) is 5.05. The molecule has 2 atom stereocenters. The maximum Gasteiger partial charge on any atom is 0.316 e. The zero-order valence-electron chi connectivity index (χ0n) is 19.3. The minimum absolute atomic E-state index is 0.0348. The van der Waals surface area contributed by atoms with E-state index in [-0.39, 0.29) is 24.1 Å². The van der Waals surface area contributed by atoms with Gasteiger partial charge in [-0.2, -0.15) is 0 Å². The Morgan fingerprint density at radius 1 is 0.875 bits per heavy atom. The smallest absolute Gasteiger partial charge is 0.316 e. The standard InChI is InChI=1S/C25H30O7/c1-24(2,3)22(28)31-14-8-10-19(26)17(11-14)18-13-30-20-12-15(7-9-16(20)21(18)27)32-23(29)25(4,5)6/h7-12,18,21,26-27H,13H2,1-6H3. The summed E-state index contributed by atoms with van der Waals surface area (Å²) >= 11 is 0. The van der Waals surface area contributed by atoms with Crippen molar-refractivity contribution in [1.82, 2.24) is 0 Å². The van der Waals surface area contributed by atoms with Gasteiger partial charge in [0.1, 0.15) is 23.0 Å². The number of ether oxygens (including phenoxy) is 3. The van der Waals surface area contributed by atoms with Gasteiger partial charge in [-0.25, -0.2) is 0 Å². The van der Waals surface area contributed by atoms with Crippen molar-refractivity contribution >= 4 is 11.9 Å². The van der Waals surface area contributed by atoms with Gasteiger partial charge >= 0.3 is 11.9 Å². The molecule has 0 spiro atoms. The Kier molecular flexibility index (Phi) is 6.24. The van der Waals surface area contributed by atoms with Gasteiger partial charge in [0.05, 0.1) is 29.5 Å². The van der Waals surface area contributed by atoms with Gasteiger partial charge in [-0.15, -0.1) is 0 Å². The molecule has 0 amide bonds. The number of benzene rings is 2. The molecule has 2 aromatic rings. The van der Waals surface area contributed by atoms with E-state index in [1.807, 2.05) is 0 Å². The fraction of sp³-hybridized carbons (Fsp3) is 0.440. The molecular formula is C25H30O7. The summed E-state index contributed by atoms with van der Waals surface area (Å²) in [6, 6.07) is 9.28. The maximum atomic E-state index is 12.2. The lowest BCUT2D eigenvalue weighted by molar-refractivity contribution is -0.143. The first-order chi connectivity index (χ1) is 14.8. The number of rotatable bonds is 3. The summed E-state index contributed by atoms with van der Waals surface area (Å²) in [7, 11) is 0. The number of aliphatic hydroxyl groups excluding tert-OH is 1. The van der Waals surface area contributed by atoms with Crippen LogP contribution in [-0.4, -0.2) is 28.8 Å². The van der Waals surface area contributed by atoms with Crippen LogP contribution in [0.4, 0.5) is 0 Å². The summed E-state index contributed by atoms with van der Waals surface area (Å²) in [5, 5.41) is 21.4. The Morgan fingerprint density at radius 2 is 1.41 bits per heavy atom. The quantitative estimate of drug-likeness (QED) is 0.533. The largest absolute Gasteiger partial charge is 0.508 e. The number of aromatic hydroxyl groups is 1. The molecule has 1 heterocycles. The van der Waals surface area contributed by atoms with E-state index in [2.05, 4.69) is 0 Å². The highest BCUT2D eigenvalue weighted by molar-refractivity contribution is 5.78. The number of phenolic OH excluding ortho intramolecular Hbond substituents is 1. The van der Waals surface area contributed by atoms with Crippen LogP contribution < -0.4 is 14.2 Å². The van der Waals surface area contributed by atoms with Gasteiger partial charge < -0.3 is 24.4 Å². The molecule has 1 aliphatic rings. The molecule has 0 radical (unpaired) electrons. The van der Waals surface area contributed by atoms with E-state index < -0.39 is 28.8 Å². The molecule has 172 valence electrons. The lowest BCUT2D eigenvalue weighted by atomic mass is 9.87. The van der Waals surface area contributed by atoms with Crippen molar-refractivity contribution in [2.75, 3.05) is 6.61 Å². The second-order valence-corrected chi connectivity index (χ2v) is 10.1. The minimum Gasteiger partial charge on any atom is -0.508 e. The van der Waals surface area contributed by atoms with Crippen LogP contribution in [0.1, 0.15) is 64.7 Å². The zero-order valence-corrected chi connectivity index (χ0v) is 19.3. The average Bonchev–Trinajstić information content (AvgIpc) is 2.68. The summed E-state index contributed by atoms with van der Waals surface area (Å²) in [6.07, 6.45) is -0.981. The Morgan fingerprint density at radius 3 is 1.97 bits per heavy atom. The Hall–Kier alpha value is -3.06. The van der Waals surface area contributed by atoms with Crippen molar-refractivity contribution in [2.24, 2.45) is 10.8 Å². The number of carbonyl (C=O) groups excluding carboxylic acids is 2. The molecule has 0 aliphatic carbocycles. The monoisotopic (exact) mass is 442 g/mol. The van der Waals surface area contributed by atoms with E-state index in [0.717, 1.165) is 0 Å². The lowest BCUT2D eigenvalue weighted by Gasteiger charge is -2.31. The number of hydrogen-bond donors (Lipinski definition) is 2. The molecule has 2 unspecified atom stereocenters. The fourth-order valence-electron chi connectivity index (χ4n) is 3.11. The number of hydrogen-bond acceptors (Lipinski definition) is 7. The van der Waals surface area contributed by atoms with Crippen LogP contribution in [0.15, 0.2) is 36.4 Å². The van der Waals surface area contributed by atoms with Crippen molar-refractivity contribution in [3.63, 3.8) is 0 Å². The number of aliphatic hydroxyl groups is 1.